The van der Waals surface area contributed by atoms with E-state index < -0.39 is 0 Å². The lowest BCUT2D eigenvalue weighted by molar-refractivity contribution is 0.0996. The van der Waals surface area contributed by atoms with Crippen molar-refractivity contribution in [1.29, 1.82) is 0 Å². The summed E-state index contributed by atoms with van der Waals surface area (Å²) in [4.78, 5) is 0. The van der Waals surface area contributed by atoms with Gasteiger partial charge in [0.2, 0.25) is 0 Å². The van der Waals surface area contributed by atoms with Gasteiger partial charge in [-0.25, -0.2) is 0 Å². The van der Waals surface area contributed by atoms with Gasteiger partial charge in [-0.1, -0.05) is 20.8 Å². The molecule has 2 aliphatic rings. The molecule has 2 fully saturated rings. The van der Waals surface area contributed by atoms with Crippen molar-refractivity contribution in [1.82, 2.24) is 5.32 Å². The Balaban J connectivity index is 1.89. The molecule has 0 bridgehead atoms. The maximum atomic E-state index is 5.49. The fourth-order valence-corrected chi connectivity index (χ4v) is 5.21. The standard InChI is InChI=1S/C16H31NOS/c1-4-9-17-14-5-8-16(2,3)12-15(14)19-13-6-10-18-11-7-13/h13-15,17H,4-12H2,1-3H3. The first-order valence-corrected chi connectivity index (χ1v) is 9.01. The van der Waals surface area contributed by atoms with Crippen LogP contribution in [0.5, 0.6) is 0 Å². The molecule has 0 aromatic carbocycles. The molecule has 3 heteroatoms. The third-order valence-electron chi connectivity index (χ3n) is 4.53. The van der Waals surface area contributed by atoms with Crippen LogP contribution >= 0.6 is 11.8 Å². The summed E-state index contributed by atoms with van der Waals surface area (Å²) in [7, 11) is 0. The van der Waals surface area contributed by atoms with Crippen molar-refractivity contribution >= 4 is 11.8 Å². The van der Waals surface area contributed by atoms with Gasteiger partial charge >= 0.3 is 0 Å². The van der Waals surface area contributed by atoms with Gasteiger partial charge in [0.1, 0.15) is 0 Å². The van der Waals surface area contributed by atoms with Crippen molar-refractivity contribution in [3.63, 3.8) is 0 Å². The molecule has 2 atom stereocenters. The largest absolute Gasteiger partial charge is 0.381 e. The molecular formula is C16H31NOS. The molecule has 1 heterocycles. The first kappa shape index (κ1) is 15.7. The molecular weight excluding hydrogens is 254 g/mol. The Labute approximate surface area is 123 Å². The summed E-state index contributed by atoms with van der Waals surface area (Å²) in [5, 5.41) is 5.43. The first-order valence-electron chi connectivity index (χ1n) is 8.07. The molecule has 0 spiro atoms. The van der Waals surface area contributed by atoms with E-state index in [2.05, 4.69) is 37.8 Å². The molecule has 0 aromatic rings. The summed E-state index contributed by atoms with van der Waals surface area (Å²) in [5.74, 6) is 0. The van der Waals surface area contributed by atoms with Gasteiger partial charge in [0.15, 0.2) is 0 Å². The average molecular weight is 285 g/mol. The minimum absolute atomic E-state index is 0.535. The molecule has 1 aliphatic carbocycles. The lowest BCUT2D eigenvalue weighted by Crippen LogP contribution is -2.46. The normalized spacial score (nSPS) is 32.4. The number of hydrogen-bond acceptors (Lipinski definition) is 3. The van der Waals surface area contributed by atoms with Crippen LogP contribution in [-0.4, -0.2) is 36.3 Å². The van der Waals surface area contributed by atoms with Gasteiger partial charge in [-0.05, 0) is 50.5 Å². The molecule has 1 saturated heterocycles. The van der Waals surface area contributed by atoms with Crippen LogP contribution < -0.4 is 5.32 Å². The van der Waals surface area contributed by atoms with Gasteiger partial charge in [-0.3, -0.25) is 0 Å². The maximum Gasteiger partial charge on any atom is 0.0476 e. The van der Waals surface area contributed by atoms with Crippen molar-refractivity contribution in [2.75, 3.05) is 19.8 Å². The summed E-state index contributed by atoms with van der Waals surface area (Å²) < 4.78 is 5.49. The highest BCUT2D eigenvalue weighted by atomic mass is 32.2. The predicted molar refractivity (Wildman–Crippen MR) is 84.9 cm³/mol. The van der Waals surface area contributed by atoms with Crippen LogP contribution in [0, 0.1) is 5.41 Å². The Bertz CT molecular complexity index is 263. The van der Waals surface area contributed by atoms with E-state index in [-0.39, 0.29) is 0 Å². The number of ether oxygens (including phenoxy) is 1. The lowest BCUT2D eigenvalue weighted by Gasteiger charge is -2.42. The summed E-state index contributed by atoms with van der Waals surface area (Å²) >= 11 is 2.26. The minimum Gasteiger partial charge on any atom is -0.381 e. The molecule has 19 heavy (non-hydrogen) atoms. The van der Waals surface area contributed by atoms with Crippen LogP contribution in [0.3, 0.4) is 0 Å². The predicted octanol–water partition coefficient (Wildman–Crippen LogP) is 3.85. The molecule has 2 rings (SSSR count). The minimum atomic E-state index is 0.535. The molecule has 1 N–H and O–H groups in total. The van der Waals surface area contributed by atoms with Crippen molar-refractivity contribution in [3.8, 4) is 0 Å². The maximum absolute atomic E-state index is 5.49. The third-order valence-corrected chi connectivity index (χ3v) is 6.23. The van der Waals surface area contributed by atoms with Crippen molar-refractivity contribution < 1.29 is 4.74 Å². The van der Waals surface area contributed by atoms with E-state index >= 15 is 0 Å². The summed E-state index contributed by atoms with van der Waals surface area (Å²) in [5.41, 5.74) is 0.535. The van der Waals surface area contributed by atoms with Crippen molar-refractivity contribution in [2.24, 2.45) is 5.41 Å². The van der Waals surface area contributed by atoms with Crippen LogP contribution in [0.2, 0.25) is 0 Å². The quantitative estimate of drug-likeness (QED) is 0.829. The SMILES string of the molecule is CCCNC1CCC(C)(C)CC1SC1CCOCC1. The van der Waals surface area contributed by atoms with E-state index in [1.807, 2.05) is 0 Å². The molecule has 1 aliphatic heterocycles. The zero-order valence-electron chi connectivity index (χ0n) is 12.9. The Morgan fingerprint density at radius 1 is 1.21 bits per heavy atom. The fraction of sp³-hybridized carbons (Fsp3) is 1.00. The molecule has 112 valence electrons. The third kappa shape index (κ3) is 4.95. The highest BCUT2D eigenvalue weighted by Crippen LogP contribution is 2.42. The summed E-state index contributed by atoms with van der Waals surface area (Å²) in [6, 6.07) is 0.737. The van der Waals surface area contributed by atoms with Gasteiger partial charge in [-0.15, -0.1) is 0 Å². The van der Waals surface area contributed by atoms with E-state index in [9.17, 15) is 0 Å². The first-order chi connectivity index (χ1) is 9.11. The second kappa shape index (κ2) is 7.33. The molecule has 0 aromatic heterocycles. The Morgan fingerprint density at radius 2 is 1.95 bits per heavy atom. The number of hydrogen-bond donors (Lipinski definition) is 1. The van der Waals surface area contributed by atoms with E-state index in [0.29, 0.717) is 5.41 Å². The Morgan fingerprint density at radius 3 is 2.63 bits per heavy atom. The van der Waals surface area contributed by atoms with Crippen molar-refractivity contribution in [2.45, 2.75) is 75.8 Å². The van der Waals surface area contributed by atoms with Gasteiger partial charge in [0, 0.05) is 29.8 Å². The molecule has 1 saturated carbocycles. The van der Waals surface area contributed by atoms with Crippen LogP contribution in [0.25, 0.3) is 0 Å². The second-order valence-corrected chi connectivity index (χ2v) is 8.50. The lowest BCUT2D eigenvalue weighted by atomic mass is 9.75. The molecule has 2 unspecified atom stereocenters. The zero-order chi connectivity index (χ0) is 13.7. The average Bonchev–Trinajstić information content (AvgIpc) is 2.38. The van der Waals surface area contributed by atoms with Gasteiger partial charge < -0.3 is 10.1 Å². The number of thioether (sulfide) groups is 1. The summed E-state index contributed by atoms with van der Waals surface area (Å²) in [6.45, 7) is 10.3. The summed E-state index contributed by atoms with van der Waals surface area (Å²) in [6.07, 6.45) is 7.85. The highest BCUT2D eigenvalue weighted by Gasteiger charge is 2.36. The number of nitrogens with one attached hydrogen (secondary N) is 1. The number of rotatable bonds is 5. The van der Waals surface area contributed by atoms with Gasteiger partial charge in [0.25, 0.3) is 0 Å². The second-order valence-electron chi connectivity index (χ2n) is 6.95. The molecule has 0 amide bonds. The fourth-order valence-electron chi connectivity index (χ4n) is 3.29. The van der Waals surface area contributed by atoms with E-state index in [1.54, 1.807) is 0 Å². The molecule has 0 radical (unpaired) electrons. The van der Waals surface area contributed by atoms with E-state index in [0.717, 1.165) is 29.8 Å². The van der Waals surface area contributed by atoms with Gasteiger partial charge in [-0.2, -0.15) is 11.8 Å². The Kier molecular flexibility index (Phi) is 6.04. The van der Waals surface area contributed by atoms with Crippen LogP contribution in [0.4, 0.5) is 0 Å². The topological polar surface area (TPSA) is 21.3 Å². The molecule has 2 nitrogen and oxygen atoms in total. The van der Waals surface area contributed by atoms with Gasteiger partial charge in [0.05, 0.1) is 0 Å². The van der Waals surface area contributed by atoms with Crippen molar-refractivity contribution in [3.05, 3.63) is 0 Å². The van der Waals surface area contributed by atoms with Crippen LogP contribution in [0.15, 0.2) is 0 Å². The van der Waals surface area contributed by atoms with Crippen LogP contribution in [-0.2, 0) is 4.74 Å². The highest BCUT2D eigenvalue weighted by molar-refractivity contribution is 8.00. The monoisotopic (exact) mass is 285 g/mol. The zero-order valence-corrected chi connectivity index (χ0v) is 13.7. The van der Waals surface area contributed by atoms with Crippen LogP contribution in [0.1, 0.15) is 59.3 Å². The van der Waals surface area contributed by atoms with E-state index in [1.165, 1.54) is 45.1 Å². The smallest absolute Gasteiger partial charge is 0.0476 e. The Hall–Kier alpha value is 0.270. The van der Waals surface area contributed by atoms with E-state index in [4.69, 9.17) is 4.74 Å².